The van der Waals surface area contributed by atoms with Gasteiger partial charge in [-0.1, -0.05) is 25.5 Å². The number of nitrogens with zero attached hydrogens (tertiary/aromatic N) is 1. The number of rotatable bonds is 5. The summed E-state index contributed by atoms with van der Waals surface area (Å²) in [6.07, 6.45) is -2.50. The zero-order valence-corrected chi connectivity index (χ0v) is 11.7. The van der Waals surface area contributed by atoms with E-state index in [2.05, 4.69) is 4.98 Å². The summed E-state index contributed by atoms with van der Waals surface area (Å²) < 4.78 is 43.4. The Morgan fingerprint density at radius 3 is 2.65 bits per heavy atom. The monoisotopic (exact) mass is 301 g/mol. The number of benzene rings is 1. The summed E-state index contributed by atoms with van der Waals surface area (Å²) in [6, 6.07) is 7.02. The highest BCUT2D eigenvalue weighted by Gasteiger charge is 2.34. The lowest BCUT2D eigenvalue weighted by atomic mass is 10.1. The molecular weight excluding hydrogens is 287 g/mol. The molecule has 1 heterocycles. The van der Waals surface area contributed by atoms with E-state index in [1.54, 1.807) is 24.3 Å². The lowest BCUT2D eigenvalue weighted by molar-refractivity contribution is -0.137. The topological polar surface area (TPSA) is 22.1 Å². The Morgan fingerprint density at radius 1 is 1.25 bits per heavy atom. The van der Waals surface area contributed by atoms with Crippen molar-refractivity contribution in [1.82, 2.24) is 4.98 Å². The normalized spacial score (nSPS) is 11.6. The zero-order chi connectivity index (χ0) is 14.6. The summed E-state index contributed by atoms with van der Waals surface area (Å²) in [6.45, 7) is 2.59. The minimum atomic E-state index is -4.40. The van der Waals surface area contributed by atoms with E-state index in [1.165, 1.54) is 5.38 Å². The molecule has 0 unspecified atom stereocenters. The van der Waals surface area contributed by atoms with Gasteiger partial charge in [-0.25, -0.2) is 4.98 Å². The fraction of sp³-hybridized carbons (Fsp3) is 0.357. The molecule has 1 aromatic heterocycles. The first-order chi connectivity index (χ1) is 9.52. The Labute approximate surface area is 119 Å². The average Bonchev–Trinajstić information content (AvgIpc) is 2.89. The van der Waals surface area contributed by atoms with Crippen molar-refractivity contribution in [3.8, 4) is 17.0 Å². The van der Waals surface area contributed by atoms with E-state index in [1.807, 2.05) is 6.92 Å². The second kappa shape index (κ2) is 6.26. The molecular formula is C14H14F3NOS. The molecule has 108 valence electrons. The van der Waals surface area contributed by atoms with Crippen molar-refractivity contribution in [2.24, 2.45) is 0 Å². The van der Waals surface area contributed by atoms with Gasteiger partial charge in [0.1, 0.15) is 5.75 Å². The van der Waals surface area contributed by atoms with Crippen molar-refractivity contribution in [3.63, 3.8) is 0 Å². The Morgan fingerprint density at radius 2 is 2.00 bits per heavy atom. The third-order valence-corrected chi connectivity index (χ3v) is 3.55. The molecule has 0 atom stereocenters. The van der Waals surface area contributed by atoms with Crippen molar-refractivity contribution in [1.29, 1.82) is 0 Å². The Balaban J connectivity index is 2.26. The van der Waals surface area contributed by atoms with E-state index in [-0.39, 0.29) is 0 Å². The Kier molecular flexibility index (Phi) is 4.65. The number of hydrogen-bond donors (Lipinski definition) is 0. The summed E-state index contributed by atoms with van der Waals surface area (Å²) in [4.78, 5) is 3.65. The predicted octanol–water partition coefficient (Wildman–Crippen LogP) is 5.01. The molecule has 20 heavy (non-hydrogen) atoms. The molecule has 0 aliphatic rings. The quantitative estimate of drug-likeness (QED) is 0.724. The molecule has 0 radical (unpaired) electrons. The van der Waals surface area contributed by atoms with E-state index < -0.39 is 11.2 Å². The maximum atomic E-state index is 12.6. The van der Waals surface area contributed by atoms with Gasteiger partial charge in [-0.05, 0) is 18.6 Å². The Hall–Kier alpha value is -1.56. The van der Waals surface area contributed by atoms with Crippen molar-refractivity contribution in [2.45, 2.75) is 25.9 Å². The van der Waals surface area contributed by atoms with Crippen molar-refractivity contribution < 1.29 is 17.9 Å². The molecule has 2 aromatic rings. The summed E-state index contributed by atoms with van der Waals surface area (Å²) in [5, 5.41) is 0.570. The zero-order valence-electron chi connectivity index (χ0n) is 10.9. The minimum absolute atomic E-state index is 0.300. The van der Waals surface area contributed by atoms with Crippen LogP contribution in [0.2, 0.25) is 0 Å². The van der Waals surface area contributed by atoms with Crippen LogP contribution < -0.4 is 4.74 Å². The van der Waals surface area contributed by atoms with Crippen LogP contribution in [0, 0.1) is 0 Å². The Bertz CT molecular complexity index is 566. The van der Waals surface area contributed by atoms with Crippen LogP contribution in [0.5, 0.6) is 5.75 Å². The molecule has 0 saturated heterocycles. The van der Waals surface area contributed by atoms with Crippen molar-refractivity contribution in [2.75, 3.05) is 6.61 Å². The van der Waals surface area contributed by atoms with Crippen LogP contribution in [-0.4, -0.2) is 11.6 Å². The van der Waals surface area contributed by atoms with E-state index >= 15 is 0 Å². The third kappa shape index (κ3) is 3.50. The lowest BCUT2D eigenvalue weighted by Gasteiger charge is -2.09. The molecule has 0 aliphatic carbocycles. The molecule has 0 spiro atoms. The average molecular weight is 301 g/mol. The maximum absolute atomic E-state index is 12.6. The number of unbranched alkanes of at least 4 members (excludes halogenated alkanes) is 1. The summed E-state index contributed by atoms with van der Waals surface area (Å²) in [5.74, 6) is 0.569. The summed E-state index contributed by atoms with van der Waals surface area (Å²) in [7, 11) is 0. The number of alkyl halides is 3. The van der Waals surface area contributed by atoms with Gasteiger partial charge >= 0.3 is 6.18 Å². The van der Waals surface area contributed by atoms with Gasteiger partial charge in [-0.15, -0.1) is 11.3 Å². The fourth-order valence-electron chi connectivity index (χ4n) is 1.66. The molecule has 0 N–H and O–H groups in total. The van der Waals surface area contributed by atoms with Crippen molar-refractivity contribution >= 4 is 11.3 Å². The van der Waals surface area contributed by atoms with Gasteiger partial charge in [0.2, 0.25) is 0 Å². The second-order valence-electron chi connectivity index (χ2n) is 4.23. The van der Waals surface area contributed by atoms with Crippen LogP contribution in [-0.2, 0) is 6.18 Å². The molecule has 0 saturated carbocycles. The highest BCUT2D eigenvalue weighted by molar-refractivity contribution is 7.10. The molecule has 2 rings (SSSR count). The van der Waals surface area contributed by atoms with Gasteiger partial charge in [0, 0.05) is 10.9 Å². The van der Waals surface area contributed by atoms with Gasteiger partial charge in [0.25, 0.3) is 0 Å². The highest BCUT2D eigenvalue weighted by atomic mass is 32.1. The molecule has 2 nitrogen and oxygen atoms in total. The van der Waals surface area contributed by atoms with E-state index in [0.29, 0.717) is 35.0 Å². The van der Waals surface area contributed by atoms with Gasteiger partial charge in [-0.2, -0.15) is 13.2 Å². The number of halogens is 3. The SMILES string of the molecule is CCCCOc1ccccc1-c1csc(C(F)(F)F)n1. The number of hydrogen-bond acceptors (Lipinski definition) is 3. The first-order valence-corrected chi connectivity index (χ1v) is 7.15. The maximum Gasteiger partial charge on any atom is 0.443 e. The van der Waals surface area contributed by atoms with Crippen LogP contribution in [0.4, 0.5) is 13.2 Å². The number of ether oxygens (including phenoxy) is 1. The van der Waals surface area contributed by atoms with Crippen LogP contribution in [0.1, 0.15) is 24.8 Å². The molecule has 0 fully saturated rings. The lowest BCUT2D eigenvalue weighted by Crippen LogP contribution is -2.04. The molecule has 6 heteroatoms. The highest BCUT2D eigenvalue weighted by Crippen LogP contribution is 2.36. The smallest absolute Gasteiger partial charge is 0.443 e. The molecule has 0 aliphatic heterocycles. The van der Waals surface area contributed by atoms with Crippen molar-refractivity contribution in [3.05, 3.63) is 34.7 Å². The first kappa shape index (κ1) is 14.8. The van der Waals surface area contributed by atoms with E-state index in [9.17, 15) is 13.2 Å². The van der Waals surface area contributed by atoms with Crippen LogP contribution in [0.25, 0.3) is 11.3 Å². The number of aromatic nitrogens is 1. The van der Waals surface area contributed by atoms with Crippen LogP contribution in [0.15, 0.2) is 29.6 Å². The van der Waals surface area contributed by atoms with Gasteiger partial charge in [-0.3, -0.25) is 0 Å². The number of thiazole rings is 1. The predicted molar refractivity (Wildman–Crippen MR) is 73.0 cm³/mol. The standard InChI is InChI=1S/C14H14F3NOS/c1-2-3-8-19-12-7-5-4-6-10(12)11-9-20-13(18-11)14(15,16)17/h4-7,9H,2-3,8H2,1H3. The minimum Gasteiger partial charge on any atom is -0.493 e. The van der Waals surface area contributed by atoms with E-state index in [0.717, 1.165) is 12.8 Å². The molecule has 0 amide bonds. The van der Waals surface area contributed by atoms with Gasteiger partial charge in [0.05, 0.1) is 12.3 Å². The summed E-state index contributed by atoms with van der Waals surface area (Å²) in [5.41, 5.74) is 0.893. The number of para-hydroxylation sites is 1. The van der Waals surface area contributed by atoms with Crippen LogP contribution >= 0.6 is 11.3 Å². The third-order valence-electron chi connectivity index (χ3n) is 2.67. The van der Waals surface area contributed by atoms with Crippen LogP contribution in [0.3, 0.4) is 0 Å². The second-order valence-corrected chi connectivity index (χ2v) is 5.09. The summed E-state index contributed by atoms with van der Waals surface area (Å²) >= 11 is 0.597. The fourth-order valence-corrected chi connectivity index (χ4v) is 2.35. The largest absolute Gasteiger partial charge is 0.493 e. The van der Waals surface area contributed by atoms with E-state index in [4.69, 9.17) is 4.74 Å². The van der Waals surface area contributed by atoms with Gasteiger partial charge in [0.15, 0.2) is 5.01 Å². The van der Waals surface area contributed by atoms with Gasteiger partial charge < -0.3 is 4.74 Å². The first-order valence-electron chi connectivity index (χ1n) is 6.27. The molecule has 1 aromatic carbocycles. The molecule has 0 bridgehead atoms.